The fraction of sp³-hybridized carbons (Fsp3) is 0.167. The molecule has 0 saturated heterocycles. The Morgan fingerprint density at radius 1 is 0.852 bits per heavy atom. The van der Waals surface area contributed by atoms with E-state index in [0.29, 0.717) is 0 Å². The van der Waals surface area contributed by atoms with E-state index >= 15 is 0 Å². The van der Waals surface area contributed by atoms with E-state index < -0.39 is 0 Å². The zero-order chi connectivity index (χ0) is 18.4. The van der Waals surface area contributed by atoms with Crippen molar-refractivity contribution in [3.05, 3.63) is 97.9 Å². The van der Waals surface area contributed by atoms with Crippen LogP contribution in [-0.2, 0) is 6.42 Å². The lowest BCUT2D eigenvalue weighted by Gasteiger charge is -2.29. The van der Waals surface area contributed by atoms with Crippen LogP contribution < -0.4 is 10.4 Å². The second kappa shape index (κ2) is 6.20. The van der Waals surface area contributed by atoms with E-state index in [2.05, 4.69) is 48.6 Å². The summed E-state index contributed by atoms with van der Waals surface area (Å²) in [6, 6.07) is 20.0. The number of hydrogen-bond donors (Lipinski definition) is 0. The molecule has 27 heavy (non-hydrogen) atoms. The van der Waals surface area contributed by atoms with Crippen molar-refractivity contribution >= 4 is 17.8 Å². The highest BCUT2D eigenvalue weighted by Gasteiger charge is 2.31. The first-order chi connectivity index (χ1) is 13.2. The first-order valence-corrected chi connectivity index (χ1v) is 9.39. The van der Waals surface area contributed by atoms with Gasteiger partial charge in [-0.3, -0.25) is 10.1 Å². The lowest BCUT2D eigenvalue weighted by atomic mass is 9.74. The van der Waals surface area contributed by atoms with Crippen molar-refractivity contribution in [2.75, 3.05) is 0 Å². The van der Waals surface area contributed by atoms with Crippen LogP contribution in [0.4, 0.5) is 5.69 Å². The van der Waals surface area contributed by atoms with Gasteiger partial charge in [0.2, 0.25) is 0 Å². The van der Waals surface area contributed by atoms with E-state index in [4.69, 9.17) is 0 Å². The maximum absolute atomic E-state index is 11.7. The molecule has 0 saturated carbocycles. The average molecular weight is 353 g/mol. The molecule has 0 fully saturated rings. The van der Waals surface area contributed by atoms with Crippen LogP contribution in [0.15, 0.2) is 60.7 Å². The third kappa shape index (κ3) is 2.50. The number of nitrogens with zero attached hydrogens (tertiary/aromatic N) is 1. The maximum atomic E-state index is 11.7. The minimum atomic E-state index is -0.249. The molecule has 1 unspecified atom stereocenters. The predicted octanol–water partition coefficient (Wildman–Crippen LogP) is 4.30. The fourth-order valence-corrected chi connectivity index (χ4v) is 4.63. The molecular weight excluding hydrogens is 334 g/mol. The molecule has 2 aliphatic rings. The van der Waals surface area contributed by atoms with E-state index in [9.17, 15) is 10.1 Å². The van der Waals surface area contributed by atoms with Gasteiger partial charge in [0.1, 0.15) is 0 Å². The van der Waals surface area contributed by atoms with Crippen molar-refractivity contribution in [3.8, 4) is 11.1 Å². The highest BCUT2D eigenvalue weighted by atomic mass is 16.6. The van der Waals surface area contributed by atoms with Crippen molar-refractivity contribution in [2.45, 2.75) is 25.2 Å². The van der Waals surface area contributed by atoms with Gasteiger partial charge in [-0.15, -0.1) is 0 Å². The topological polar surface area (TPSA) is 43.1 Å². The highest BCUT2D eigenvalue weighted by Crippen LogP contribution is 2.43. The third-order valence-corrected chi connectivity index (χ3v) is 5.79. The van der Waals surface area contributed by atoms with Gasteiger partial charge >= 0.3 is 0 Å². The van der Waals surface area contributed by atoms with Crippen molar-refractivity contribution in [3.63, 3.8) is 0 Å². The molecule has 1 atom stereocenters. The molecule has 0 radical (unpaired) electrons. The molecule has 3 heteroatoms. The maximum Gasteiger partial charge on any atom is 0.273 e. The van der Waals surface area contributed by atoms with Crippen molar-refractivity contribution in [1.82, 2.24) is 0 Å². The molecule has 0 spiro atoms. The molecule has 132 valence electrons. The van der Waals surface area contributed by atoms with Crippen molar-refractivity contribution in [1.29, 1.82) is 0 Å². The van der Waals surface area contributed by atoms with Gasteiger partial charge in [0.15, 0.2) is 0 Å². The molecular formula is C24H19NO2. The van der Waals surface area contributed by atoms with Gasteiger partial charge in [-0.05, 0) is 52.0 Å². The summed E-state index contributed by atoms with van der Waals surface area (Å²) in [6.07, 6.45) is 7.46. The number of nitro groups is 1. The third-order valence-electron chi connectivity index (χ3n) is 5.79. The van der Waals surface area contributed by atoms with E-state index in [1.165, 1.54) is 32.7 Å². The second-order valence-electron chi connectivity index (χ2n) is 7.25. The summed E-state index contributed by atoms with van der Waals surface area (Å²) in [6.45, 7) is 0. The van der Waals surface area contributed by atoms with Gasteiger partial charge in [0, 0.05) is 17.5 Å². The zero-order valence-corrected chi connectivity index (χ0v) is 14.9. The molecule has 3 aromatic rings. The Balaban J connectivity index is 1.86. The molecule has 0 bridgehead atoms. The van der Waals surface area contributed by atoms with E-state index in [1.807, 2.05) is 12.1 Å². The zero-order valence-electron chi connectivity index (χ0n) is 14.9. The standard InChI is InChI=1S/C24H19NO2/c26-25(27)23-12-6-5-11-20(23)22-15-17-8-2-3-9-18(17)21-14-13-16-7-1-4-10-19(16)24(21)22/h2-3,5-14,22H,1,4,15H2. The molecule has 0 amide bonds. The quantitative estimate of drug-likeness (QED) is 0.509. The summed E-state index contributed by atoms with van der Waals surface area (Å²) in [7, 11) is 0. The van der Waals surface area contributed by atoms with Crippen molar-refractivity contribution < 1.29 is 4.92 Å². The minimum absolute atomic E-state index is 0.00537. The molecule has 0 aliphatic heterocycles. The Morgan fingerprint density at radius 2 is 1.63 bits per heavy atom. The SMILES string of the molecule is O=[N+]([O-])c1ccccc1C1Cc2ccccc2-c2ccc3c(c21)=CCCC=3. The van der Waals surface area contributed by atoms with Gasteiger partial charge in [0.25, 0.3) is 5.69 Å². The van der Waals surface area contributed by atoms with Gasteiger partial charge in [-0.2, -0.15) is 0 Å². The molecule has 3 nitrogen and oxygen atoms in total. The van der Waals surface area contributed by atoms with Gasteiger partial charge in [0.05, 0.1) is 4.92 Å². The lowest BCUT2D eigenvalue weighted by molar-refractivity contribution is -0.385. The number of hydrogen-bond acceptors (Lipinski definition) is 2. The van der Waals surface area contributed by atoms with Crippen LogP contribution in [0.25, 0.3) is 23.3 Å². The summed E-state index contributed by atoms with van der Waals surface area (Å²) in [4.78, 5) is 11.5. The Labute approximate surface area is 157 Å². The first-order valence-electron chi connectivity index (χ1n) is 9.39. The Morgan fingerprint density at radius 3 is 2.52 bits per heavy atom. The van der Waals surface area contributed by atoms with Crippen LogP contribution in [0, 0.1) is 10.1 Å². The second-order valence-corrected chi connectivity index (χ2v) is 7.25. The molecule has 0 aromatic heterocycles. The molecule has 5 rings (SSSR count). The van der Waals surface area contributed by atoms with Gasteiger partial charge in [-0.25, -0.2) is 0 Å². The largest absolute Gasteiger partial charge is 0.273 e. The van der Waals surface area contributed by atoms with Crippen LogP contribution in [0.2, 0.25) is 0 Å². The Hall–Kier alpha value is -3.20. The van der Waals surface area contributed by atoms with Crippen LogP contribution >= 0.6 is 0 Å². The number of fused-ring (bicyclic) bond motifs is 5. The summed E-state index contributed by atoms with van der Waals surface area (Å²) in [5, 5.41) is 14.2. The monoisotopic (exact) mass is 353 g/mol. The predicted molar refractivity (Wildman–Crippen MR) is 108 cm³/mol. The Bertz CT molecular complexity index is 1190. The lowest BCUT2D eigenvalue weighted by Crippen LogP contribution is -2.34. The van der Waals surface area contributed by atoms with Crippen LogP contribution in [0.3, 0.4) is 0 Å². The first kappa shape index (κ1) is 16.0. The fourth-order valence-electron chi connectivity index (χ4n) is 4.63. The molecule has 0 N–H and O–H groups in total. The number of para-hydroxylation sites is 1. The number of benzene rings is 3. The van der Waals surface area contributed by atoms with E-state index in [1.54, 1.807) is 12.1 Å². The number of nitro benzene ring substituents is 1. The van der Waals surface area contributed by atoms with Crippen LogP contribution in [0.1, 0.15) is 35.4 Å². The molecule has 2 aliphatic carbocycles. The molecule has 3 aromatic carbocycles. The van der Waals surface area contributed by atoms with Crippen LogP contribution in [-0.4, -0.2) is 4.92 Å². The van der Waals surface area contributed by atoms with Crippen LogP contribution in [0.5, 0.6) is 0 Å². The summed E-state index contributed by atoms with van der Waals surface area (Å²) >= 11 is 0. The normalized spacial score (nSPS) is 17.0. The smallest absolute Gasteiger partial charge is 0.258 e. The Kier molecular flexibility index (Phi) is 3.68. The average Bonchev–Trinajstić information content (AvgIpc) is 2.72. The van der Waals surface area contributed by atoms with E-state index in [0.717, 1.165) is 24.8 Å². The summed E-state index contributed by atoms with van der Waals surface area (Å²) in [5.41, 5.74) is 5.99. The van der Waals surface area contributed by atoms with E-state index in [-0.39, 0.29) is 16.5 Å². The van der Waals surface area contributed by atoms with Crippen molar-refractivity contribution in [2.24, 2.45) is 0 Å². The summed E-state index contributed by atoms with van der Waals surface area (Å²) in [5.74, 6) is -0.00537. The molecule has 0 heterocycles. The minimum Gasteiger partial charge on any atom is -0.258 e. The highest BCUT2D eigenvalue weighted by molar-refractivity contribution is 5.76. The van der Waals surface area contributed by atoms with Gasteiger partial charge < -0.3 is 0 Å². The van der Waals surface area contributed by atoms with Gasteiger partial charge in [-0.1, -0.05) is 66.7 Å². The summed E-state index contributed by atoms with van der Waals surface area (Å²) < 4.78 is 0. The number of rotatable bonds is 2.